The minimum atomic E-state index is 0.510. The van der Waals surface area contributed by atoms with E-state index in [-0.39, 0.29) is 0 Å². The highest BCUT2D eigenvalue weighted by molar-refractivity contribution is 6.31. The van der Waals surface area contributed by atoms with Gasteiger partial charge in [0.2, 0.25) is 5.95 Å². The van der Waals surface area contributed by atoms with Crippen LogP contribution in [-0.4, -0.2) is 9.97 Å². The summed E-state index contributed by atoms with van der Waals surface area (Å²) in [5.41, 5.74) is 3.49. The molecule has 3 nitrogen and oxygen atoms in total. The van der Waals surface area contributed by atoms with Crippen molar-refractivity contribution in [2.24, 2.45) is 0 Å². The van der Waals surface area contributed by atoms with Gasteiger partial charge in [-0.1, -0.05) is 59.6 Å². The molecule has 25 heavy (non-hydrogen) atoms. The SMILES string of the molecule is Clc1cccc(Nc2nc(-c3ccccc3)c3cc(Cl)ccc3n2)c1. The van der Waals surface area contributed by atoms with Crippen molar-refractivity contribution in [1.29, 1.82) is 0 Å². The molecular formula is C20H13Cl2N3. The highest BCUT2D eigenvalue weighted by Gasteiger charge is 2.11. The van der Waals surface area contributed by atoms with Crippen molar-refractivity contribution in [3.8, 4) is 11.3 Å². The lowest BCUT2D eigenvalue weighted by Crippen LogP contribution is -2.00. The minimum absolute atomic E-state index is 0.510. The molecule has 4 aromatic rings. The Kier molecular flexibility index (Phi) is 4.26. The Balaban J connectivity index is 1.88. The van der Waals surface area contributed by atoms with E-state index in [9.17, 15) is 0 Å². The van der Waals surface area contributed by atoms with Gasteiger partial charge < -0.3 is 5.32 Å². The summed E-state index contributed by atoms with van der Waals surface area (Å²) >= 11 is 12.2. The monoisotopic (exact) mass is 365 g/mol. The van der Waals surface area contributed by atoms with E-state index in [1.165, 1.54) is 0 Å². The zero-order valence-electron chi connectivity index (χ0n) is 13.1. The van der Waals surface area contributed by atoms with Crippen molar-refractivity contribution >= 4 is 45.7 Å². The second kappa shape index (κ2) is 6.71. The summed E-state index contributed by atoms with van der Waals surface area (Å²) in [7, 11) is 0. The summed E-state index contributed by atoms with van der Waals surface area (Å²) < 4.78 is 0. The minimum Gasteiger partial charge on any atom is -0.324 e. The van der Waals surface area contributed by atoms with Crippen LogP contribution in [-0.2, 0) is 0 Å². The van der Waals surface area contributed by atoms with Crippen LogP contribution in [0.2, 0.25) is 10.0 Å². The number of hydrogen-bond acceptors (Lipinski definition) is 3. The van der Waals surface area contributed by atoms with Crippen molar-refractivity contribution in [2.75, 3.05) is 5.32 Å². The van der Waals surface area contributed by atoms with Gasteiger partial charge in [0.05, 0.1) is 11.2 Å². The molecule has 1 aromatic heterocycles. The Morgan fingerprint density at radius 3 is 2.32 bits per heavy atom. The standard InChI is InChI=1S/C20H13Cl2N3/c21-14-7-4-8-16(11-14)23-20-24-18-10-9-15(22)12-17(18)19(25-20)13-5-2-1-3-6-13/h1-12H,(H,23,24,25). The summed E-state index contributed by atoms with van der Waals surface area (Å²) in [5, 5.41) is 5.44. The van der Waals surface area contributed by atoms with Crippen LogP contribution in [0, 0.1) is 0 Å². The van der Waals surface area contributed by atoms with Crippen LogP contribution in [0.3, 0.4) is 0 Å². The van der Waals surface area contributed by atoms with E-state index in [0.717, 1.165) is 27.8 Å². The molecule has 0 atom stereocenters. The molecule has 0 saturated carbocycles. The maximum atomic E-state index is 6.18. The van der Waals surface area contributed by atoms with E-state index < -0.39 is 0 Å². The number of rotatable bonds is 3. The molecule has 0 aliphatic rings. The molecular weight excluding hydrogens is 353 g/mol. The van der Waals surface area contributed by atoms with Gasteiger partial charge in [-0.15, -0.1) is 0 Å². The Morgan fingerprint density at radius 2 is 1.52 bits per heavy atom. The van der Waals surface area contributed by atoms with Crippen molar-refractivity contribution in [3.63, 3.8) is 0 Å². The van der Waals surface area contributed by atoms with Crippen molar-refractivity contribution in [2.45, 2.75) is 0 Å². The first kappa shape index (κ1) is 15.9. The fraction of sp³-hybridized carbons (Fsp3) is 0. The summed E-state index contributed by atoms with van der Waals surface area (Å²) in [6, 6.07) is 23.1. The van der Waals surface area contributed by atoms with Gasteiger partial charge in [0, 0.05) is 26.7 Å². The summed E-state index contributed by atoms with van der Waals surface area (Å²) in [6.45, 7) is 0. The zero-order chi connectivity index (χ0) is 17.2. The molecule has 0 aliphatic carbocycles. The quantitative estimate of drug-likeness (QED) is 0.459. The highest BCUT2D eigenvalue weighted by atomic mass is 35.5. The normalized spacial score (nSPS) is 10.8. The van der Waals surface area contributed by atoms with Crippen LogP contribution in [0.4, 0.5) is 11.6 Å². The largest absolute Gasteiger partial charge is 0.324 e. The molecule has 0 saturated heterocycles. The predicted molar refractivity (Wildman–Crippen MR) is 105 cm³/mol. The number of benzene rings is 3. The van der Waals surface area contributed by atoms with Crippen LogP contribution in [0.5, 0.6) is 0 Å². The number of halogens is 2. The van der Waals surface area contributed by atoms with E-state index in [1.807, 2.05) is 72.8 Å². The van der Waals surface area contributed by atoms with E-state index in [4.69, 9.17) is 28.2 Å². The van der Waals surface area contributed by atoms with Crippen LogP contribution >= 0.6 is 23.2 Å². The number of aromatic nitrogens is 2. The predicted octanol–water partition coefficient (Wildman–Crippen LogP) is 6.35. The first-order valence-corrected chi connectivity index (χ1v) is 8.50. The van der Waals surface area contributed by atoms with E-state index in [2.05, 4.69) is 10.3 Å². The number of nitrogens with one attached hydrogen (secondary N) is 1. The van der Waals surface area contributed by atoms with Crippen LogP contribution in [0.15, 0.2) is 72.8 Å². The van der Waals surface area contributed by atoms with E-state index in [0.29, 0.717) is 16.0 Å². The number of nitrogens with zero attached hydrogens (tertiary/aromatic N) is 2. The lowest BCUT2D eigenvalue weighted by molar-refractivity contribution is 1.22. The van der Waals surface area contributed by atoms with Crippen LogP contribution in [0.25, 0.3) is 22.2 Å². The third-order valence-electron chi connectivity index (χ3n) is 3.79. The summed E-state index contributed by atoms with van der Waals surface area (Å²) in [5.74, 6) is 0.510. The molecule has 1 heterocycles. The third-order valence-corrected chi connectivity index (χ3v) is 4.26. The van der Waals surface area contributed by atoms with Gasteiger partial charge in [0.25, 0.3) is 0 Å². The maximum absolute atomic E-state index is 6.18. The third kappa shape index (κ3) is 3.43. The highest BCUT2D eigenvalue weighted by Crippen LogP contribution is 2.30. The van der Waals surface area contributed by atoms with Gasteiger partial charge in [0.15, 0.2) is 0 Å². The smallest absolute Gasteiger partial charge is 0.228 e. The molecule has 1 N–H and O–H groups in total. The lowest BCUT2D eigenvalue weighted by Gasteiger charge is -2.11. The van der Waals surface area contributed by atoms with Gasteiger partial charge in [0.1, 0.15) is 0 Å². The Hall–Kier alpha value is -2.62. The fourth-order valence-corrected chi connectivity index (χ4v) is 3.03. The Labute approximate surface area is 155 Å². The first-order valence-electron chi connectivity index (χ1n) is 7.74. The van der Waals surface area contributed by atoms with Gasteiger partial charge in [-0.05, 0) is 36.4 Å². The van der Waals surface area contributed by atoms with Gasteiger partial charge in [-0.25, -0.2) is 9.97 Å². The molecule has 0 unspecified atom stereocenters. The van der Waals surface area contributed by atoms with Crippen molar-refractivity contribution < 1.29 is 0 Å². The molecule has 0 aliphatic heterocycles. The van der Waals surface area contributed by atoms with E-state index in [1.54, 1.807) is 0 Å². The molecule has 3 aromatic carbocycles. The molecule has 0 fully saturated rings. The average Bonchev–Trinajstić information content (AvgIpc) is 2.62. The molecule has 5 heteroatoms. The molecule has 0 amide bonds. The molecule has 0 radical (unpaired) electrons. The van der Waals surface area contributed by atoms with Crippen LogP contribution < -0.4 is 5.32 Å². The van der Waals surface area contributed by atoms with Gasteiger partial charge in [-0.2, -0.15) is 0 Å². The van der Waals surface area contributed by atoms with Crippen LogP contribution in [0.1, 0.15) is 0 Å². The zero-order valence-corrected chi connectivity index (χ0v) is 14.6. The number of fused-ring (bicyclic) bond motifs is 1. The molecule has 0 bridgehead atoms. The second-order valence-electron chi connectivity index (χ2n) is 5.56. The number of anilines is 2. The van der Waals surface area contributed by atoms with E-state index >= 15 is 0 Å². The maximum Gasteiger partial charge on any atom is 0.228 e. The lowest BCUT2D eigenvalue weighted by atomic mass is 10.1. The molecule has 122 valence electrons. The molecule has 4 rings (SSSR count). The topological polar surface area (TPSA) is 37.8 Å². The summed E-state index contributed by atoms with van der Waals surface area (Å²) in [6.07, 6.45) is 0. The van der Waals surface area contributed by atoms with Crippen molar-refractivity contribution in [1.82, 2.24) is 9.97 Å². The first-order chi connectivity index (χ1) is 12.2. The average molecular weight is 366 g/mol. The second-order valence-corrected chi connectivity index (χ2v) is 6.43. The van der Waals surface area contributed by atoms with Gasteiger partial charge >= 0.3 is 0 Å². The Morgan fingerprint density at radius 1 is 0.720 bits per heavy atom. The fourth-order valence-electron chi connectivity index (χ4n) is 2.67. The van der Waals surface area contributed by atoms with Crippen molar-refractivity contribution in [3.05, 3.63) is 82.8 Å². The Bertz CT molecular complexity index is 1050. The van der Waals surface area contributed by atoms with Gasteiger partial charge in [-0.3, -0.25) is 0 Å². The summed E-state index contributed by atoms with van der Waals surface area (Å²) in [4.78, 5) is 9.32. The number of hydrogen-bond donors (Lipinski definition) is 1. The molecule has 0 spiro atoms.